The van der Waals surface area contributed by atoms with Gasteiger partial charge in [-0.15, -0.1) is 0 Å². The second kappa shape index (κ2) is 9.54. The summed E-state index contributed by atoms with van der Waals surface area (Å²) < 4.78 is 25.2. The molecule has 1 heterocycles. The lowest BCUT2D eigenvalue weighted by Gasteiger charge is -2.25. The molecule has 1 N–H and O–H groups in total. The third-order valence-electron chi connectivity index (χ3n) is 4.91. The van der Waals surface area contributed by atoms with Gasteiger partial charge >= 0.3 is 0 Å². The van der Waals surface area contributed by atoms with Gasteiger partial charge in [0.05, 0.1) is 18.2 Å². The van der Waals surface area contributed by atoms with E-state index in [0.29, 0.717) is 30.9 Å². The standard InChI is InChI=1S/C23H24FNO5/c1-3-30-16-9-6-8-15(14-16)21(26)19-20(17-10-4-5-11-18(17)24)25(12-7-13-29-2)23(28)22(19)27/h4-6,8-11,14,20,26H,3,7,12-13H2,1-2H3. The molecule has 1 fully saturated rings. The molecule has 158 valence electrons. The van der Waals surface area contributed by atoms with Crippen LogP contribution in [0.2, 0.25) is 0 Å². The zero-order valence-electron chi connectivity index (χ0n) is 16.9. The van der Waals surface area contributed by atoms with Crippen LogP contribution in [0, 0.1) is 5.82 Å². The largest absolute Gasteiger partial charge is 0.507 e. The van der Waals surface area contributed by atoms with Crippen molar-refractivity contribution in [3.63, 3.8) is 0 Å². The van der Waals surface area contributed by atoms with E-state index in [1.165, 1.54) is 30.2 Å². The van der Waals surface area contributed by atoms with Crippen LogP contribution < -0.4 is 4.74 Å². The smallest absolute Gasteiger partial charge is 0.295 e. The number of methoxy groups -OCH3 is 1. The predicted octanol–water partition coefficient (Wildman–Crippen LogP) is 3.68. The van der Waals surface area contributed by atoms with E-state index >= 15 is 0 Å². The third kappa shape index (κ3) is 4.21. The predicted molar refractivity (Wildman–Crippen MR) is 110 cm³/mol. The van der Waals surface area contributed by atoms with Crippen molar-refractivity contribution in [3.8, 4) is 5.75 Å². The molecule has 1 saturated heterocycles. The summed E-state index contributed by atoms with van der Waals surface area (Å²) in [6, 6.07) is 11.5. The van der Waals surface area contributed by atoms with E-state index in [4.69, 9.17) is 9.47 Å². The maximum atomic E-state index is 14.7. The Morgan fingerprint density at radius 1 is 1.17 bits per heavy atom. The average molecular weight is 413 g/mol. The van der Waals surface area contributed by atoms with E-state index < -0.39 is 23.5 Å². The maximum absolute atomic E-state index is 14.7. The van der Waals surface area contributed by atoms with Crippen molar-refractivity contribution >= 4 is 17.4 Å². The number of nitrogens with zero attached hydrogens (tertiary/aromatic N) is 1. The second-order valence-electron chi connectivity index (χ2n) is 6.82. The summed E-state index contributed by atoms with van der Waals surface area (Å²) in [4.78, 5) is 26.9. The van der Waals surface area contributed by atoms with Crippen LogP contribution in [0.3, 0.4) is 0 Å². The molecule has 0 aliphatic carbocycles. The minimum atomic E-state index is -1.03. The first-order valence-corrected chi connectivity index (χ1v) is 9.74. The van der Waals surface area contributed by atoms with E-state index in [1.54, 1.807) is 30.3 Å². The van der Waals surface area contributed by atoms with Gasteiger partial charge < -0.3 is 19.5 Å². The van der Waals surface area contributed by atoms with E-state index in [0.717, 1.165) is 0 Å². The Balaban J connectivity index is 2.13. The van der Waals surface area contributed by atoms with E-state index in [-0.39, 0.29) is 23.4 Å². The van der Waals surface area contributed by atoms with Gasteiger partial charge in [0.15, 0.2) is 0 Å². The number of Topliss-reactive ketones (excluding diaryl/α,β-unsaturated/α-hetero) is 1. The molecule has 6 nitrogen and oxygen atoms in total. The number of ketones is 1. The molecule has 1 amide bonds. The molecular weight excluding hydrogens is 389 g/mol. The van der Waals surface area contributed by atoms with E-state index in [9.17, 15) is 19.1 Å². The molecule has 1 atom stereocenters. The van der Waals surface area contributed by atoms with E-state index in [2.05, 4.69) is 0 Å². The van der Waals surface area contributed by atoms with Gasteiger partial charge in [-0.05, 0) is 31.5 Å². The molecule has 0 saturated carbocycles. The van der Waals surface area contributed by atoms with Gasteiger partial charge in [0.1, 0.15) is 17.3 Å². The topological polar surface area (TPSA) is 76.1 Å². The summed E-state index contributed by atoms with van der Waals surface area (Å²) in [6.07, 6.45) is 0.467. The number of likely N-dealkylation sites (tertiary alicyclic amines) is 1. The maximum Gasteiger partial charge on any atom is 0.295 e. The Kier molecular flexibility index (Phi) is 6.84. The highest BCUT2D eigenvalue weighted by molar-refractivity contribution is 6.46. The number of amides is 1. The quantitative estimate of drug-likeness (QED) is 0.309. The van der Waals surface area contributed by atoms with Gasteiger partial charge in [-0.3, -0.25) is 9.59 Å². The zero-order valence-corrected chi connectivity index (χ0v) is 16.9. The highest BCUT2D eigenvalue weighted by Gasteiger charge is 2.46. The summed E-state index contributed by atoms with van der Waals surface area (Å²) >= 11 is 0. The number of aliphatic hydroxyl groups excluding tert-OH is 1. The normalized spacial score (nSPS) is 18.1. The van der Waals surface area contributed by atoms with Gasteiger partial charge in [0, 0.05) is 31.4 Å². The van der Waals surface area contributed by atoms with Crippen LogP contribution >= 0.6 is 0 Å². The number of halogens is 1. The third-order valence-corrected chi connectivity index (χ3v) is 4.91. The lowest BCUT2D eigenvalue weighted by molar-refractivity contribution is -0.140. The Bertz CT molecular complexity index is 972. The summed E-state index contributed by atoms with van der Waals surface area (Å²) in [5.41, 5.74) is 0.324. The monoisotopic (exact) mass is 413 g/mol. The number of carbonyl (C=O) groups is 2. The van der Waals surface area contributed by atoms with Crippen LogP contribution in [-0.2, 0) is 14.3 Å². The molecule has 1 aliphatic rings. The molecule has 1 unspecified atom stereocenters. The lowest BCUT2D eigenvalue weighted by atomic mass is 9.95. The van der Waals surface area contributed by atoms with Crippen molar-refractivity contribution in [3.05, 3.63) is 71.0 Å². The molecule has 1 aliphatic heterocycles. The zero-order chi connectivity index (χ0) is 21.7. The van der Waals surface area contributed by atoms with Crippen LogP contribution in [0.5, 0.6) is 5.75 Å². The van der Waals surface area contributed by atoms with Crippen LogP contribution in [0.4, 0.5) is 4.39 Å². The highest BCUT2D eigenvalue weighted by atomic mass is 19.1. The van der Waals surface area contributed by atoms with Gasteiger partial charge in [0.2, 0.25) is 0 Å². The Hall–Kier alpha value is -3.19. The molecule has 0 spiro atoms. The van der Waals surface area contributed by atoms with Crippen molar-refractivity contribution in [1.29, 1.82) is 0 Å². The molecule has 0 aromatic heterocycles. The first kappa shape index (κ1) is 21.5. The van der Waals surface area contributed by atoms with Crippen molar-refractivity contribution in [2.24, 2.45) is 0 Å². The summed E-state index contributed by atoms with van der Waals surface area (Å²) in [5.74, 6) is -2.03. The van der Waals surface area contributed by atoms with Crippen LogP contribution in [0.15, 0.2) is 54.1 Å². The molecular formula is C23H24FNO5. The number of aliphatic hydroxyl groups is 1. The van der Waals surface area contributed by atoms with Crippen molar-refractivity contribution in [2.75, 3.05) is 26.9 Å². The molecule has 0 bridgehead atoms. The Morgan fingerprint density at radius 3 is 2.63 bits per heavy atom. The average Bonchev–Trinajstić information content (AvgIpc) is 2.99. The fraction of sp³-hybridized carbons (Fsp3) is 0.304. The molecule has 2 aromatic rings. The first-order valence-electron chi connectivity index (χ1n) is 9.74. The van der Waals surface area contributed by atoms with Crippen molar-refractivity contribution < 1.29 is 28.6 Å². The van der Waals surface area contributed by atoms with Crippen molar-refractivity contribution in [1.82, 2.24) is 4.90 Å². The van der Waals surface area contributed by atoms with Gasteiger partial charge in [0.25, 0.3) is 11.7 Å². The minimum Gasteiger partial charge on any atom is -0.507 e. The SMILES string of the molecule is CCOc1cccc(C(O)=C2C(=O)C(=O)N(CCCOC)C2c2ccccc2F)c1. The number of hydrogen-bond acceptors (Lipinski definition) is 5. The van der Waals surface area contributed by atoms with Crippen LogP contribution in [-0.4, -0.2) is 48.6 Å². The molecule has 0 radical (unpaired) electrons. The van der Waals surface area contributed by atoms with Gasteiger partial charge in [-0.1, -0.05) is 30.3 Å². The Labute approximate surface area is 174 Å². The number of hydrogen-bond donors (Lipinski definition) is 1. The number of ether oxygens (including phenoxy) is 2. The number of carbonyl (C=O) groups excluding carboxylic acids is 2. The van der Waals surface area contributed by atoms with Gasteiger partial charge in [-0.2, -0.15) is 0 Å². The first-order chi connectivity index (χ1) is 14.5. The van der Waals surface area contributed by atoms with Crippen LogP contribution in [0.25, 0.3) is 5.76 Å². The second-order valence-corrected chi connectivity index (χ2v) is 6.82. The fourth-order valence-electron chi connectivity index (χ4n) is 3.57. The van der Waals surface area contributed by atoms with Gasteiger partial charge in [-0.25, -0.2) is 4.39 Å². The molecule has 2 aromatic carbocycles. The van der Waals surface area contributed by atoms with Crippen molar-refractivity contribution in [2.45, 2.75) is 19.4 Å². The molecule has 3 rings (SSSR count). The molecule has 30 heavy (non-hydrogen) atoms. The Morgan fingerprint density at radius 2 is 1.93 bits per heavy atom. The minimum absolute atomic E-state index is 0.142. The summed E-state index contributed by atoms with van der Waals surface area (Å²) in [6.45, 7) is 2.83. The molecule has 7 heteroatoms. The van der Waals surface area contributed by atoms with E-state index in [1.807, 2.05) is 6.92 Å². The lowest BCUT2D eigenvalue weighted by Crippen LogP contribution is -2.31. The number of rotatable bonds is 8. The highest BCUT2D eigenvalue weighted by Crippen LogP contribution is 2.40. The van der Waals surface area contributed by atoms with Crippen LogP contribution in [0.1, 0.15) is 30.5 Å². The fourth-order valence-corrected chi connectivity index (χ4v) is 3.57. The summed E-state index contributed by atoms with van der Waals surface area (Å²) in [5, 5.41) is 11.0. The summed E-state index contributed by atoms with van der Waals surface area (Å²) in [7, 11) is 1.54. The number of benzene rings is 2.